The number of hydrogen-bond donors (Lipinski definition) is 3. The zero-order valence-electron chi connectivity index (χ0n) is 7.47. The second-order valence-corrected chi connectivity index (χ2v) is 2.78. The lowest BCUT2D eigenvalue weighted by molar-refractivity contribution is 0.463. The summed E-state index contributed by atoms with van der Waals surface area (Å²) in [7, 11) is 0. The van der Waals surface area contributed by atoms with Gasteiger partial charge in [-0.25, -0.2) is 0 Å². The molecular formula is C8H21N3. The van der Waals surface area contributed by atoms with Crippen molar-refractivity contribution in [3.8, 4) is 0 Å². The van der Waals surface area contributed by atoms with E-state index in [0.717, 1.165) is 26.1 Å². The molecule has 0 bridgehead atoms. The van der Waals surface area contributed by atoms with Crippen LogP contribution in [-0.4, -0.2) is 25.7 Å². The molecule has 5 N–H and O–H groups in total. The van der Waals surface area contributed by atoms with E-state index in [-0.39, 0.29) is 0 Å². The van der Waals surface area contributed by atoms with Crippen molar-refractivity contribution in [1.29, 1.82) is 0 Å². The van der Waals surface area contributed by atoms with Crippen LogP contribution in [0.1, 0.15) is 26.2 Å². The molecule has 0 aromatic carbocycles. The van der Waals surface area contributed by atoms with Crippen LogP contribution in [0.5, 0.6) is 0 Å². The highest BCUT2D eigenvalue weighted by molar-refractivity contribution is 4.64. The van der Waals surface area contributed by atoms with Crippen LogP contribution < -0.4 is 16.8 Å². The normalized spacial score (nSPS) is 13.4. The van der Waals surface area contributed by atoms with Gasteiger partial charge in [-0.1, -0.05) is 6.92 Å². The van der Waals surface area contributed by atoms with E-state index in [9.17, 15) is 0 Å². The van der Waals surface area contributed by atoms with Gasteiger partial charge in [0.25, 0.3) is 0 Å². The second-order valence-electron chi connectivity index (χ2n) is 2.78. The predicted octanol–water partition coefficient (Wildman–Crippen LogP) is 0.0522. The molecule has 1 atom stereocenters. The minimum atomic E-state index is 0.613. The summed E-state index contributed by atoms with van der Waals surface area (Å²) in [5.74, 6) is 0. The summed E-state index contributed by atoms with van der Waals surface area (Å²) in [6.07, 6.45) is 3.45. The molecule has 68 valence electrons. The van der Waals surface area contributed by atoms with Crippen LogP contribution in [0.3, 0.4) is 0 Å². The Morgan fingerprint density at radius 3 is 2.45 bits per heavy atom. The van der Waals surface area contributed by atoms with Gasteiger partial charge in [0.1, 0.15) is 0 Å². The lowest BCUT2D eigenvalue weighted by Crippen LogP contribution is -2.33. The van der Waals surface area contributed by atoms with Crippen molar-refractivity contribution in [3.63, 3.8) is 0 Å². The zero-order valence-corrected chi connectivity index (χ0v) is 7.47. The molecule has 3 nitrogen and oxygen atoms in total. The maximum absolute atomic E-state index is 5.41. The monoisotopic (exact) mass is 159 g/mol. The van der Waals surface area contributed by atoms with Crippen LogP contribution in [-0.2, 0) is 0 Å². The number of hydrogen-bond acceptors (Lipinski definition) is 3. The van der Waals surface area contributed by atoms with E-state index in [1.54, 1.807) is 0 Å². The first-order valence-electron chi connectivity index (χ1n) is 4.48. The Balaban J connectivity index is 3.25. The van der Waals surface area contributed by atoms with Crippen molar-refractivity contribution in [2.24, 2.45) is 11.5 Å². The Morgan fingerprint density at radius 1 is 1.27 bits per heavy atom. The maximum Gasteiger partial charge on any atom is 0.00770 e. The average Bonchev–Trinajstić information content (AvgIpc) is 2.05. The molecule has 0 spiro atoms. The minimum Gasteiger partial charge on any atom is -0.330 e. The van der Waals surface area contributed by atoms with E-state index >= 15 is 0 Å². The standard InChI is InChI=1S/C8H21N3/c1-2-8(4-3-5-9)11-7-6-10/h8,11H,2-7,9-10H2,1H3. The van der Waals surface area contributed by atoms with Gasteiger partial charge in [-0.3, -0.25) is 0 Å². The SMILES string of the molecule is CCC(CCCN)NCCN. The molecule has 0 aliphatic rings. The molecule has 0 rings (SSSR count). The third-order valence-corrected chi connectivity index (χ3v) is 1.83. The molecule has 0 aromatic heterocycles. The molecule has 0 amide bonds. The second kappa shape index (κ2) is 7.98. The molecule has 0 heterocycles. The van der Waals surface area contributed by atoms with Crippen molar-refractivity contribution in [3.05, 3.63) is 0 Å². The summed E-state index contributed by atoms with van der Waals surface area (Å²) < 4.78 is 0. The number of rotatable bonds is 7. The number of nitrogens with one attached hydrogen (secondary N) is 1. The van der Waals surface area contributed by atoms with Gasteiger partial charge in [0, 0.05) is 19.1 Å². The molecule has 0 aliphatic heterocycles. The first-order chi connectivity index (χ1) is 5.35. The average molecular weight is 159 g/mol. The van der Waals surface area contributed by atoms with Crippen molar-refractivity contribution in [2.75, 3.05) is 19.6 Å². The largest absolute Gasteiger partial charge is 0.330 e. The van der Waals surface area contributed by atoms with Crippen LogP contribution in [0.25, 0.3) is 0 Å². The Kier molecular flexibility index (Phi) is 7.89. The highest BCUT2D eigenvalue weighted by atomic mass is 14.9. The van der Waals surface area contributed by atoms with Gasteiger partial charge in [0.2, 0.25) is 0 Å². The molecular weight excluding hydrogens is 138 g/mol. The van der Waals surface area contributed by atoms with Crippen molar-refractivity contribution < 1.29 is 0 Å². The van der Waals surface area contributed by atoms with Gasteiger partial charge < -0.3 is 16.8 Å². The van der Waals surface area contributed by atoms with Gasteiger partial charge in [-0.2, -0.15) is 0 Å². The Labute approximate surface area is 69.5 Å². The van der Waals surface area contributed by atoms with Crippen LogP contribution in [0.4, 0.5) is 0 Å². The maximum atomic E-state index is 5.41. The number of nitrogens with two attached hydrogens (primary N) is 2. The van der Waals surface area contributed by atoms with Gasteiger partial charge in [0.15, 0.2) is 0 Å². The molecule has 0 saturated heterocycles. The van der Waals surface area contributed by atoms with Crippen LogP contribution in [0.15, 0.2) is 0 Å². The smallest absolute Gasteiger partial charge is 0.00770 e. The molecule has 0 fully saturated rings. The predicted molar refractivity (Wildman–Crippen MR) is 49.4 cm³/mol. The van der Waals surface area contributed by atoms with Crippen molar-refractivity contribution in [1.82, 2.24) is 5.32 Å². The highest BCUT2D eigenvalue weighted by Gasteiger charge is 2.02. The topological polar surface area (TPSA) is 64.1 Å². The van der Waals surface area contributed by atoms with E-state index in [1.807, 2.05) is 0 Å². The van der Waals surface area contributed by atoms with Gasteiger partial charge in [0.05, 0.1) is 0 Å². The molecule has 1 unspecified atom stereocenters. The van der Waals surface area contributed by atoms with Crippen LogP contribution >= 0.6 is 0 Å². The quantitative estimate of drug-likeness (QED) is 0.492. The first-order valence-corrected chi connectivity index (χ1v) is 4.48. The minimum absolute atomic E-state index is 0.613. The fraction of sp³-hybridized carbons (Fsp3) is 1.00. The van der Waals surface area contributed by atoms with Crippen LogP contribution in [0.2, 0.25) is 0 Å². The third kappa shape index (κ3) is 6.28. The van der Waals surface area contributed by atoms with Crippen molar-refractivity contribution in [2.45, 2.75) is 32.2 Å². The molecule has 0 aliphatic carbocycles. The third-order valence-electron chi connectivity index (χ3n) is 1.83. The molecule has 3 heteroatoms. The summed E-state index contributed by atoms with van der Waals surface area (Å²) in [4.78, 5) is 0. The van der Waals surface area contributed by atoms with Gasteiger partial charge in [-0.05, 0) is 25.8 Å². The van der Waals surface area contributed by atoms with E-state index in [0.29, 0.717) is 6.04 Å². The first kappa shape index (κ1) is 10.9. The van der Waals surface area contributed by atoms with Crippen molar-refractivity contribution >= 4 is 0 Å². The molecule has 0 radical (unpaired) electrons. The van der Waals surface area contributed by atoms with Gasteiger partial charge in [-0.15, -0.1) is 0 Å². The Morgan fingerprint density at radius 2 is 2.00 bits per heavy atom. The lowest BCUT2D eigenvalue weighted by Gasteiger charge is -2.15. The van der Waals surface area contributed by atoms with E-state index in [1.165, 1.54) is 12.8 Å². The summed E-state index contributed by atoms with van der Waals surface area (Å²) >= 11 is 0. The van der Waals surface area contributed by atoms with E-state index < -0.39 is 0 Å². The zero-order chi connectivity index (χ0) is 8.53. The summed E-state index contributed by atoms with van der Waals surface area (Å²) in [5, 5.41) is 3.37. The Hall–Kier alpha value is -0.120. The molecule has 0 aromatic rings. The summed E-state index contributed by atoms with van der Waals surface area (Å²) in [6, 6.07) is 0.613. The van der Waals surface area contributed by atoms with Gasteiger partial charge >= 0.3 is 0 Å². The summed E-state index contributed by atoms with van der Waals surface area (Å²) in [6.45, 7) is 4.62. The van der Waals surface area contributed by atoms with E-state index in [2.05, 4.69) is 12.2 Å². The highest BCUT2D eigenvalue weighted by Crippen LogP contribution is 1.99. The fourth-order valence-corrected chi connectivity index (χ4v) is 1.10. The molecule has 0 saturated carbocycles. The van der Waals surface area contributed by atoms with Crippen LogP contribution in [0, 0.1) is 0 Å². The summed E-state index contributed by atoms with van der Waals surface area (Å²) in [5.41, 5.74) is 10.8. The van der Waals surface area contributed by atoms with E-state index in [4.69, 9.17) is 11.5 Å². The fourth-order valence-electron chi connectivity index (χ4n) is 1.10. The lowest BCUT2D eigenvalue weighted by atomic mass is 10.1. The Bertz CT molecular complexity index is 67.7. The molecule has 11 heavy (non-hydrogen) atoms.